The highest BCUT2D eigenvalue weighted by Gasteiger charge is 2.45. The fourth-order valence-corrected chi connectivity index (χ4v) is 3.58. The van der Waals surface area contributed by atoms with Gasteiger partial charge in [-0.1, -0.05) is 12.1 Å². The first-order valence-corrected chi connectivity index (χ1v) is 7.79. The molecule has 0 amide bonds. The summed E-state index contributed by atoms with van der Waals surface area (Å²) in [7, 11) is 3.78. The number of hydrogen-bond donors (Lipinski definition) is 1. The third-order valence-corrected chi connectivity index (χ3v) is 4.99. The number of benzene rings is 1. The molecule has 4 heteroatoms. The maximum Gasteiger partial charge on any atom is 0.168 e. The van der Waals surface area contributed by atoms with E-state index in [4.69, 9.17) is 14.2 Å². The molecule has 1 aromatic carbocycles. The Labute approximate surface area is 126 Å². The standard InChI is InChI=1S/C17H25NO3/c1-18-16(13-14-4-3-5-15(12-14)19-2)6-8-17(9-7-16)20-10-11-21-17/h3-5,12,18H,6-11,13H2,1-2H3. The van der Waals surface area contributed by atoms with Gasteiger partial charge in [0.25, 0.3) is 0 Å². The second-order valence-electron chi connectivity index (χ2n) is 6.17. The van der Waals surface area contributed by atoms with Gasteiger partial charge in [-0.25, -0.2) is 0 Å². The first kappa shape index (κ1) is 14.8. The Hall–Kier alpha value is -1.10. The molecule has 0 unspecified atom stereocenters. The monoisotopic (exact) mass is 291 g/mol. The lowest BCUT2D eigenvalue weighted by Gasteiger charge is -2.44. The minimum Gasteiger partial charge on any atom is -0.497 e. The number of likely N-dealkylation sites (N-methyl/N-ethyl adjacent to an activating group) is 1. The van der Waals surface area contributed by atoms with Crippen LogP contribution in [0.2, 0.25) is 0 Å². The Balaban J connectivity index is 1.70. The number of nitrogens with one attached hydrogen (secondary N) is 1. The Morgan fingerprint density at radius 3 is 2.48 bits per heavy atom. The van der Waals surface area contributed by atoms with Gasteiger partial charge in [0.05, 0.1) is 20.3 Å². The average molecular weight is 291 g/mol. The van der Waals surface area contributed by atoms with Crippen LogP contribution in [0.1, 0.15) is 31.2 Å². The van der Waals surface area contributed by atoms with Gasteiger partial charge in [0.15, 0.2) is 5.79 Å². The summed E-state index contributed by atoms with van der Waals surface area (Å²) in [4.78, 5) is 0. The summed E-state index contributed by atoms with van der Waals surface area (Å²) in [5.74, 6) is 0.628. The molecule has 0 aromatic heterocycles. The largest absolute Gasteiger partial charge is 0.497 e. The highest BCUT2D eigenvalue weighted by Crippen LogP contribution is 2.41. The second kappa shape index (κ2) is 5.95. The van der Waals surface area contributed by atoms with Crippen molar-refractivity contribution >= 4 is 0 Å². The second-order valence-corrected chi connectivity index (χ2v) is 6.17. The number of methoxy groups -OCH3 is 1. The van der Waals surface area contributed by atoms with Crippen LogP contribution in [-0.4, -0.2) is 38.7 Å². The van der Waals surface area contributed by atoms with Crippen molar-refractivity contribution in [1.29, 1.82) is 0 Å². The molecular weight excluding hydrogens is 266 g/mol. The molecule has 1 N–H and O–H groups in total. The summed E-state index contributed by atoms with van der Waals surface area (Å²) >= 11 is 0. The normalized spacial score (nSPS) is 23.3. The van der Waals surface area contributed by atoms with Crippen molar-refractivity contribution in [2.45, 2.75) is 43.4 Å². The summed E-state index contributed by atoms with van der Waals surface area (Å²) < 4.78 is 17.0. The molecule has 0 atom stereocenters. The molecule has 1 saturated heterocycles. The van der Waals surface area contributed by atoms with E-state index in [-0.39, 0.29) is 11.3 Å². The van der Waals surface area contributed by atoms with Crippen LogP contribution >= 0.6 is 0 Å². The lowest BCUT2D eigenvalue weighted by atomic mass is 9.75. The van der Waals surface area contributed by atoms with Gasteiger partial charge in [0.2, 0.25) is 0 Å². The predicted molar refractivity (Wildman–Crippen MR) is 81.6 cm³/mol. The Kier molecular flexibility index (Phi) is 4.20. The van der Waals surface area contributed by atoms with E-state index in [1.165, 1.54) is 5.56 Å². The van der Waals surface area contributed by atoms with E-state index in [1.54, 1.807) is 7.11 Å². The van der Waals surface area contributed by atoms with Gasteiger partial charge in [-0.15, -0.1) is 0 Å². The average Bonchev–Trinajstić information content (AvgIpc) is 2.99. The minimum atomic E-state index is -0.297. The van der Waals surface area contributed by atoms with E-state index < -0.39 is 0 Å². The van der Waals surface area contributed by atoms with Crippen LogP contribution in [0.3, 0.4) is 0 Å². The maximum absolute atomic E-state index is 5.84. The zero-order valence-electron chi connectivity index (χ0n) is 13.0. The molecule has 2 fully saturated rings. The first-order chi connectivity index (χ1) is 10.2. The molecule has 4 nitrogen and oxygen atoms in total. The van der Waals surface area contributed by atoms with Crippen molar-refractivity contribution in [3.05, 3.63) is 29.8 Å². The molecule has 1 spiro atoms. The van der Waals surface area contributed by atoms with Crippen LogP contribution in [0.4, 0.5) is 0 Å². The van der Waals surface area contributed by atoms with Gasteiger partial charge in [-0.05, 0) is 44.0 Å². The van der Waals surface area contributed by atoms with Crippen molar-refractivity contribution in [2.24, 2.45) is 0 Å². The third kappa shape index (κ3) is 3.07. The van der Waals surface area contributed by atoms with Gasteiger partial charge in [-0.2, -0.15) is 0 Å². The summed E-state index contributed by atoms with van der Waals surface area (Å²) in [6.07, 6.45) is 5.09. The van der Waals surface area contributed by atoms with E-state index in [0.717, 1.165) is 51.1 Å². The SMILES string of the molecule is CNC1(Cc2cccc(OC)c2)CCC2(CC1)OCCO2. The van der Waals surface area contributed by atoms with Crippen LogP contribution in [-0.2, 0) is 15.9 Å². The van der Waals surface area contributed by atoms with Crippen LogP contribution in [0.5, 0.6) is 5.75 Å². The molecule has 1 aromatic rings. The van der Waals surface area contributed by atoms with E-state index >= 15 is 0 Å². The molecule has 0 radical (unpaired) electrons. The third-order valence-electron chi connectivity index (χ3n) is 4.99. The summed E-state index contributed by atoms with van der Waals surface area (Å²) in [5, 5.41) is 3.56. The Morgan fingerprint density at radius 1 is 1.14 bits per heavy atom. The summed E-state index contributed by atoms with van der Waals surface area (Å²) in [6.45, 7) is 1.48. The molecule has 1 aliphatic carbocycles. The highest BCUT2D eigenvalue weighted by molar-refractivity contribution is 5.30. The molecule has 21 heavy (non-hydrogen) atoms. The molecule has 116 valence electrons. The molecule has 1 aliphatic heterocycles. The summed E-state index contributed by atoms with van der Waals surface area (Å²) in [5.41, 5.74) is 1.44. The van der Waals surface area contributed by atoms with Gasteiger partial charge < -0.3 is 19.5 Å². The van der Waals surface area contributed by atoms with Crippen LogP contribution in [0, 0.1) is 0 Å². The zero-order valence-corrected chi connectivity index (χ0v) is 13.0. The topological polar surface area (TPSA) is 39.7 Å². The molecule has 0 bridgehead atoms. The van der Waals surface area contributed by atoms with Crippen molar-refractivity contribution in [3.8, 4) is 5.75 Å². The molecular formula is C17H25NO3. The quantitative estimate of drug-likeness (QED) is 0.925. The molecule has 1 heterocycles. The van der Waals surface area contributed by atoms with Gasteiger partial charge in [0.1, 0.15) is 5.75 Å². The van der Waals surface area contributed by atoms with Gasteiger partial charge in [-0.3, -0.25) is 0 Å². The highest BCUT2D eigenvalue weighted by atomic mass is 16.7. The van der Waals surface area contributed by atoms with Crippen molar-refractivity contribution in [2.75, 3.05) is 27.4 Å². The lowest BCUT2D eigenvalue weighted by Crippen LogP contribution is -2.52. The van der Waals surface area contributed by atoms with Crippen molar-refractivity contribution < 1.29 is 14.2 Å². The smallest absolute Gasteiger partial charge is 0.168 e. The van der Waals surface area contributed by atoms with E-state index in [2.05, 4.69) is 30.6 Å². The maximum atomic E-state index is 5.84. The van der Waals surface area contributed by atoms with Crippen LogP contribution in [0.25, 0.3) is 0 Å². The van der Waals surface area contributed by atoms with Crippen LogP contribution < -0.4 is 10.1 Å². The number of ether oxygens (including phenoxy) is 3. The van der Waals surface area contributed by atoms with E-state index in [1.807, 2.05) is 6.07 Å². The van der Waals surface area contributed by atoms with Gasteiger partial charge in [0, 0.05) is 18.4 Å². The van der Waals surface area contributed by atoms with Crippen molar-refractivity contribution in [3.63, 3.8) is 0 Å². The van der Waals surface area contributed by atoms with Crippen molar-refractivity contribution in [1.82, 2.24) is 5.32 Å². The van der Waals surface area contributed by atoms with E-state index in [0.29, 0.717) is 0 Å². The first-order valence-electron chi connectivity index (χ1n) is 7.79. The number of hydrogen-bond acceptors (Lipinski definition) is 4. The Morgan fingerprint density at radius 2 is 1.86 bits per heavy atom. The van der Waals surface area contributed by atoms with Crippen LogP contribution in [0.15, 0.2) is 24.3 Å². The lowest BCUT2D eigenvalue weighted by molar-refractivity contribution is -0.186. The fraction of sp³-hybridized carbons (Fsp3) is 0.647. The molecule has 3 rings (SSSR count). The van der Waals surface area contributed by atoms with Gasteiger partial charge >= 0.3 is 0 Å². The molecule has 2 aliphatic rings. The predicted octanol–water partition coefficient (Wildman–Crippen LogP) is 2.51. The van der Waals surface area contributed by atoms with E-state index in [9.17, 15) is 0 Å². The summed E-state index contributed by atoms with van der Waals surface area (Å²) in [6, 6.07) is 8.36. The number of rotatable bonds is 4. The minimum absolute atomic E-state index is 0.132. The Bertz CT molecular complexity index is 473. The zero-order chi connectivity index (χ0) is 14.8. The fourth-order valence-electron chi connectivity index (χ4n) is 3.58. The molecule has 1 saturated carbocycles.